The molecule has 1 heterocycles. The molecule has 0 aliphatic rings. The fraction of sp³-hybridized carbons (Fsp3) is 0.250. The quantitative estimate of drug-likeness (QED) is 0.430. The van der Waals surface area contributed by atoms with Crippen LogP contribution in [0.3, 0.4) is 0 Å². The molecule has 1 amide bonds. The molecule has 0 saturated heterocycles. The normalized spacial score (nSPS) is 10.5. The molecule has 0 fully saturated rings. The summed E-state index contributed by atoms with van der Waals surface area (Å²) in [5.41, 5.74) is 4.02. The van der Waals surface area contributed by atoms with E-state index in [0.717, 1.165) is 26.9 Å². The molecule has 0 unspecified atom stereocenters. The van der Waals surface area contributed by atoms with Gasteiger partial charge in [0.05, 0.1) is 11.1 Å². The van der Waals surface area contributed by atoms with Crippen LogP contribution in [-0.2, 0) is 17.9 Å². The van der Waals surface area contributed by atoms with Gasteiger partial charge < -0.3 is 20.1 Å². The molecular formula is C24H26BrN3O3. The molecule has 0 spiro atoms. The number of rotatable bonds is 10. The molecule has 3 aromatic rings. The van der Waals surface area contributed by atoms with Crippen LogP contribution in [0.15, 0.2) is 65.4 Å². The molecule has 2 aromatic carbocycles. The van der Waals surface area contributed by atoms with E-state index in [0.29, 0.717) is 31.2 Å². The highest BCUT2D eigenvalue weighted by Gasteiger charge is 2.14. The lowest BCUT2D eigenvalue weighted by Gasteiger charge is -2.16. The number of amides is 1. The predicted octanol–water partition coefficient (Wildman–Crippen LogP) is 4.86. The van der Waals surface area contributed by atoms with E-state index in [4.69, 9.17) is 9.47 Å². The number of aromatic nitrogens is 1. The Balaban J connectivity index is 1.61. The van der Waals surface area contributed by atoms with Crippen molar-refractivity contribution in [2.45, 2.75) is 26.9 Å². The summed E-state index contributed by atoms with van der Waals surface area (Å²) in [4.78, 5) is 16.4. The lowest BCUT2D eigenvalue weighted by molar-refractivity contribution is -0.118. The number of aryl methyl sites for hydroxylation is 1. The maximum Gasteiger partial charge on any atom is 0.262 e. The minimum atomic E-state index is -0.236. The van der Waals surface area contributed by atoms with Crippen LogP contribution in [0.5, 0.6) is 11.5 Å². The van der Waals surface area contributed by atoms with Crippen molar-refractivity contribution < 1.29 is 14.3 Å². The maximum atomic E-state index is 12.3. The van der Waals surface area contributed by atoms with Gasteiger partial charge in [-0.05, 0) is 71.2 Å². The van der Waals surface area contributed by atoms with Gasteiger partial charge in [-0.2, -0.15) is 0 Å². The van der Waals surface area contributed by atoms with Crippen LogP contribution in [0.25, 0.3) is 0 Å². The number of anilines is 1. The number of nitrogens with one attached hydrogen (secondary N) is 2. The van der Waals surface area contributed by atoms with Gasteiger partial charge in [-0.15, -0.1) is 0 Å². The number of pyridine rings is 1. The number of hydrogen-bond donors (Lipinski definition) is 2. The first-order valence-electron chi connectivity index (χ1n) is 10.1. The van der Waals surface area contributed by atoms with E-state index in [1.54, 1.807) is 6.20 Å². The SMILES string of the molecule is CCOc1cc(CNCc2cccnc2)cc(Br)c1OCC(=O)Nc1ccc(C)cc1. The Hall–Kier alpha value is -2.90. The molecule has 0 radical (unpaired) electrons. The van der Waals surface area contributed by atoms with Gasteiger partial charge in [0, 0.05) is 31.2 Å². The van der Waals surface area contributed by atoms with Crippen LogP contribution in [-0.4, -0.2) is 24.1 Å². The first-order chi connectivity index (χ1) is 15.0. The van der Waals surface area contributed by atoms with Crippen LogP contribution in [0.4, 0.5) is 5.69 Å². The van der Waals surface area contributed by atoms with Crippen molar-refractivity contribution in [2.75, 3.05) is 18.5 Å². The van der Waals surface area contributed by atoms with Crippen molar-refractivity contribution in [3.63, 3.8) is 0 Å². The van der Waals surface area contributed by atoms with Crippen LogP contribution in [0, 0.1) is 6.92 Å². The lowest BCUT2D eigenvalue weighted by Crippen LogP contribution is -2.20. The van der Waals surface area contributed by atoms with Gasteiger partial charge in [0.1, 0.15) is 0 Å². The molecule has 31 heavy (non-hydrogen) atoms. The molecule has 0 atom stereocenters. The number of hydrogen-bond acceptors (Lipinski definition) is 5. The van der Waals surface area contributed by atoms with E-state index in [9.17, 15) is 4.79 Å². The van der Waals surface area contributed by atoms with Crippen molar-refractivity contribution in [2.24, 2.45) is 0 Å². The first-order valence-corrected chi connectivity index (χ1v) is 10.9. The van der Waals surface area contributed by atoms with Crippen molar-refractivity contribution in [1.29, 1.82) is 0 Å². The van der Waals surface area contributed by atoms with Gasteiger partial charge in [-0.1, -0.05) is 23.8 Å². The average molecular weight is 484 g/mol. The number of halogens is 1. The zero-order valence-electron chi connectivity index (χ0n) is 17.7. The summed E-state index contributed by atoms with van der Waals surface area (Å²) < 4.78 is 12.3. The van der Waals surface area contributed by atoms with Gasteiger partial charge in [0.2, 0.25) is 0 Å². The minimum absolute atomic E-state index is 0.120. The highest BCUT2D eigenvalue weighted by Crippen LogP contribution is 2.37. The smallest absolute Gasteiger partial charge is 0.262 e. The van der Waals surface area contributed by atoms with E-state index < -0.39 is 0 Å². The van der Waals surface area contributed by atoms with Crippen LogP contribution in [0.1, 0.15) is 23.6 Å². The van der Waals surface area contributed by atoms with Crippen molar-refractivity contribution in [3.05, 3.63) is 82.1 Å². The summed E-state index contributed by atoms with van der Waals surface area (Å²) in [7, 11) is 0. The standard InChI is InChI=1S/C24H26BrN3O3/c1-3-30-22-12-19(15-27-14-18-5-4-10-26-13-18)11-21(25)24(22)31-16-23(29)28-20-8-6-17(2)7-9-20/h4-13,27H,3,14-16H2,1-2H3,(H,28,29). The number of nitrogens with zero attached hydrogens (tertiary/aromatic N) is 1. The van der Waals surface area contributed by atoms with Gasteiger partial charge in [0.25, 0.3) is 5.91 Å². The average Bonchev–Trinajstić information content (AvgIpc) is 2.76. The number of carbonyl (C=O) groups is 1. The maximum absolute atomic E-state index is 12.3. The fourth-order valence-corrected chi connectivity index (χ4v) is 3.56. The zero-order chi connectivity index (χ0) is 22.1. The van der Waals surface area contributed by atoms with E-state index in [1.807, 2.05) is 68.6 Å². The van der Waals surface area contributed by atoms with Crippen LogP contribution >= 0.6 is 15.9 Å². The third-order valence-corrected chi connectivity index (χ3v) is 5.02. The van der Waals surface area contributed by atoms with Crippen molar-refractivity contribution >= 4 is 27.5 Å². The molecule has 162 valence electrons. The summed E-state index contributed by atoms with van der Waals surface area (Å²) in [6.07, 6.45) is 3.60. The van der Waals surface area contributed by atoms with Crippen LogP contribution in [0.2, 0.25) is 0 Å². The summed E-state index contributed by atoms with van der Waals surface area (Å²) in [6.45, 7) is 5.65. The summed E-state index contributed by atoms with van der Waals surface area (Å²) in [6, 6.07) is 15.5. The van der Waals surface area contributed by atoms with E-state index in [-0.39, 0.29) is 12.5 Å². The highest BCUT2D eigenvalue weighted by molar-refractivity contribution is 9.10. The molecule has 0 aliphatic carbocycles. The van der Waals surface area contributed by atoms with Gasteiger partial charge in [0.15, 0.2) is 18.1 Å². The Morgan fingerprint density at radius 1 is 1.06 bits per heavy atom. The Morgan fingerprint density at radius 3 is 2.55 bits per heavy atom. The molecule has 7 heteroatoms. The second-order valence-electron chi connectivity index (χ2n) is 7.01. The second-order valence-corrected chi connectivity index (χ2v) is 7.86. The summed E-state index contributed by atoms with van der Waals surface area (Å²) in [5, 5.41) is 6.22. The topological polar surface area (TPSA) is 72.5 Å². The molecule has 0 aliphatic heterocycles. The van der Waals surface area contributed by atoms with Gasteiger partial charge in [-0.3, -0.25) is 9.78 Å². The Labute approximate surface area is 191 Å². The molecule has 0 bridgehead atoms. The van der Waals surface area contributed by atoms with E-state index in [2.05, 4.69) is 31.5 Å². The second kappa shape index (κ2) is 11.5. The van der Waals surface area contributed by atoms with Crippen molar-refractivity contribution in [1.82, 2.24) is 10.3 Å². The molecule has 3 rings (SSSR count). The Kier molecular flexibility index (Phi) is 8.44. The number of carbonyl (C=O) groups excluding carboxylic acids is 1. The molecule has 2 N–H and O–H groups in total. The zero-order valence-corrected chi connectivity index (χ0v) is 19.2. The van der Waals surface area contributed by atoms with Crippen molar-refractivity contribution in [3.8, 4) is 11.5 Å². The summed E-state index contributed by atoms with van der Waals surface area (Å²) in [5.74, 6) is 0.871. The molecular weight excluding hydrogens is 458 g/mol. The van der Waals surface area contributed by atoms with Crippen LogP contribution < -0.4 is 20.1 Å². The monoisotopic (exact) mass is 483 g/mol. The summed E-state index contributed by atoms with van der Waals surface area (Å²) >= 11 is 3.56. The largest absolute Gasteiger partial charge is 0.490 e. The molecule has 6 nitrogen and oxygen atoms in total. The van der Waals surface area contributed by atoms with E-state index in [1.165, 1.54) is 0 Å². The third kappa shape index (κ3) is 7.08. The third-order valence-electron chi connectivity index (χ3n) is 4.43. The van der Waals surface area contributed by atoms with Gasteiger partial charge >= 0.3 is 0 Å². The molecule has 1 aromatic heterocycles. The Bertz CT molecular complexity index is 995. The highest BCUT2D eigenvalue weighted by atomic mass is 79.9. The Morgan fingerprint density at radius 2 is 1.84 bits per heavy atom. The fourth-order valence-electron chi connectivity index (χ4n) is 2.95. The first kappa shape index (κ1) is 22.8. The van der Waals surface area contributed by atoms with E-state index >= 15 is 0 Å². The predicted molar refractivity (Wildman–Crippen MR) is 125 cm³/mol. The van der Waals surface area contributed by atoms with Gasteiger partial charge in [-0.25, -0.2) is 0 Å². The molecule has 0 saturated carbocycles. The minimum Gasteiger partial charge on any atom is -0.490 e. The number of ether oxygens (including phenoxy) is 2. The number of benzene rings is 2. The lowest BCUT2D eigenvalue weighted by atomic mass is 10.2.